The van der Waals surface area contributed by atoms with Gasteiger partial charge in [0, 0.05) is 18.3 Å². The van der Waals surface area contributed by atoms with E-state index in [4.69, 9.17) is 0 Å². The highest BCUT2D eigenvalue weighted by atomic mass is 16.2. The quantitative estimate of drug-likeness (QED) is 0.731. The van der Waals surface area contributed by atoms with Crippen LogP contribution in [0.25, 0.3) is 0 Å². The first-order chi connectivity index (χ1) is 10.8. The van der Waals surface area contributed by atoms with E-state index in [1.54, 1.807) is 0 Å². The highest BCUT2D eigenvalue weighted by Gasteiger charge is 2.53. The minimum absolute atomic E-state index is 0.122. The molecule has 2 aromatic rings. The standard InChI is InChI=1S/C19H16N2O/c22-18-9-10-19(12-20-15-7-3-2-6-14(15)19)17-11-13-5-1-4-8-16(13)21(17)18/h1-8,12,17H,9-11H2. The van der Waals surface area contributed by atoms with Crippen molar-refractivity contribution in [3.63, 3.8) is 0 Å². The first-order valence-electron chi connectivity index (χ1n) is 7.84. The Labute approximate surface area is 129 Å². The first-order valence-corrected chi connectivity index (χ1v) is 7.84. The second kappa shape index (κ2) is 4.07. The number of piperidine rings is 1. The van der Waals surface area contributed by atoms with Crippen LogP contribution in [0.4, 0.5) is 11.4 Å². The van der Waals surface area contributed by atoms with Crippen LogP contribution in [0.15, 0.2) is 53.5 Å². The zero-order chi connectivity index (χ0) is 14.7. The number of carbonyl (C=O) groups excluding carboxylic acids is 1. The van der Waals surface area contributed by atoms with Gasteiger partial charge in [-0.3, -0.25) is 9.79 Å². The Balaban J connectivity index is 1.70. The molecule has 0 radical (unpaired) electrons. The van der Waals surface area contributed by atoms with E-state index in [2.05, 4.69) is 47.6 Å². The fourth-order valence-corrected chi connectivity index (χ4v) is 4.41. The van der Waals surface area contributed by atoms with Gasteiger partial charge >= 0.3 is 0 Å². The minimum Gasteiger partial charge on any atom is -0.307 e. The lowest BCUT2D eigenvalue weighted by atomic mass is 9.69. The molecular formula is C19H16N2O. The van der Waals surface area contributed by atoms with Gasteiger partial charge in [0.05, 0.1) is 17.1 Å². The molecule has 0 aromatic heterocycles. The van der Waals surface area contributed by atoms with Crippen LogP contribution in [0.2, 0.25) is 0 Å². The molecule has 3 heterocycles. The van der Waals surface area contributed by atoms with Crippen LogP contribution in [0.3, 0.4) is 0 Å². The second-order valence-corrected chi connectivity index (χ2v) is 6.43. The number of carbonyl (C=O) groups is 1. The molecule has 0 bridgehead atoms. The van der Waals surface area contributed by atoms with Crippen LogP contribution < -0.4 is 4.90 Å². The van der Waals surface area contributed by atoms with Gasteiger partial charge in [-0.2, -0.15) is 0 Å². The van der Waals surface area contributed by atoms with Crippen LogP contribution in [0.5, 0.6) is 0 Å². The van der Waals surface area contributed by atoms with Crippen molar-refractivity contribution in [1.82, 2.24) is 0 Å². The minimum atomic E-state index is -0.122. The summed E-state index contributed by atoms with van der Waals surface area (Å²) >= 11 is 0. The highest BCUT2D eigenvalue weighted by molar-refractivity contribution is 6.01. The summed E-state index contributed by atoms with van der Waals surface area (Å²) in [6, 6.07) is 16.8. The number of anilines is 1. The van der Waals surface area contributed by atoms with E-state index in [0.717, 1.165) is 24.2 Å². The lowest BCUT2D eigenvalue weighted by molar-refractivity contribution is -0.120. The summed E-state index contributed by atoms with van der Waals surface area (Å²) in [5, 5.41) is 0. The summed E-state index contributed by atoms with van der Waals surface area (Å²) in [7, 11) is 0. The van der Waals surface area contributed by atoms with Crippen molar-refractivity contribution in [1.29, 1.82) is 0 Å². The molecule has 3 nitrogen and oxygen atoms in total. The third kappa shape index (κ3) is 1.36. The van der Waals surface area contributed by atoms with E-state index >= 15 is 0 Å². The smallest absolute Gasteiger partial charge is 0.227 e. The maximum Gasteiger partial charge on any atom is 0.227 e. The lowest BCUT2D eigenvalue weighted by Gasteiger charge is -2.43. The number of hydrogen-bond donors (Lipinski definition) is 0. The van der Waals surface area contributed by atoms with Crippen molar-refractivity contribution in [3.05, 3.63) is 59.7 Å². The maximum absolute atomic E-state index is 12.6. The van der Waals surface area contributed by atoms with E-state index in [1.165, 1.54) is 11.1 Å². The average molecular weight is 288 g/mol. The maximum atomic E-state index is 12.6. The predicted octanol–water partition coefficient (Wildman–Crippen LogP) is 3.39. The molecule has 0 N–H and O–H groups in total. The van der Waals surface area contributed by atoms with Gasteiger partial charge in [-0.05, 0) is 36.1 Å². The van der Waals surface area contributed by atoms with E-state index in [0.29, 0.717) is 6.42 Å². The molecule has 2 atom stereocenters. The molecule has 108 valence electrons. The molecule has 22 heavy (non-hydrogen) atoms. The molecule has 3 heteroatoms. The van der Waals surface area contributed by atoms with Crippen LogP contribution in [0, 0.1) is 0 Å². The van der Waals surface area contributed by atoms with Crippen LogP contribution in [-0.4, -0.2) is 18.2 Å². The van der Waals surface area contributed by atoms with Crippen LogP contribution in [-0.2, 0) is 16.6 Å². The van der Waals surface area contributed by atoms with Gasteiger partial charge in [0.1, 0.15) is 0 Å². The highest BCUT2D eigenvalue weighted by Crippen LogP contribution is 2.51. The van der Waals surface area contributed by atoms with Crippen molar-refractivity contribution in [3.8, 4) is 0 Å². The monoisotopic (exact) mass is 288 g/mol. The Hall–Kier alpha value is -2.42. The van der Waals surface area contributed by atoms with E-state index in [9.17, 15) is 4.79 Å². The van der Waals surface area contributed by atoms with Gasteiger partial charge in [0.25, 0.3) is 0 Å². The Morgan fingerprint density at radius 1 is 1.09 bits per heavy atom. The number of para-hydroxylation sites is 2. The van der Waals surface area contributed by atoms with Crippen LogP contribution >= 0.6 is 0 Å². The van der Waals surface area contributed by atoms with E-state index < -0.39 is 0 Å². The largest absolute Gasteiger partial charge is 0.307 e. The number of rotatable bonds is 0. The molecule has 3 aliphatic rings. The topological polar surface area (TPSA) is 32.7 Å². The number of benzene rings is 2. The molecular weight excluding hydrogens is 272 g/mol. The van der Waals surface area contributed by atoms with Crippen molar-refractivity contribution < 1.29 is 4.79 Å². The third-order valence-electron chi connectivity index (χ3n) is 5.43. The molecule has 1 fully saturated rings. The van der Waals surface area contributed by atoms with E-state index in [-0.39, 0.29) is 17.4 Å². The number of amides is 1. The Morgan fingerprint density at radius 2 is 1.91 bits per heavy atom. The molecule has 1 saturated heterocycles. The SMILES string of the molecule is O=C1CCC2(C=Nc3ccccc32)C2Cc3ccccc3N12. The molecule has 2 unspecified atom stereocenters. The number of hydrogen-bond acceptors (Lipinski definition) is 2. The second-order valence-electron chi connectivity index (χ2n) is 6.43. The lowest BCUT2D eigenvalue weighted by Crippen LogP contribution is -2.56. The molecule has 3 aliphatic heterocycles. The fraction of sp³-hybridized carbons (Fsp3) is 0.263. The van der Waals surface area contributed by atoms with Gasteiger partial charge in [-0.25, -0.2) is 0 Å². The van der Waals surface area contributed by atoms with Gasteiger partial charge in [-0.15, -0.1) is 0 Å². The van der Waals surface area contributed by atoms with Gasteiger partial charge in [0.2, 0.25) is 5.91 Å². The van der Waals surface area contributed by atoms with Gasteiger partial charge in [-0.1, -0.05) is 36.4 Å². The van der Waals surface area contributed by atoms with Gasteiger partial charge in [0.15, 0.2) is 0 Å². The Kier molecular flexibility index (Phi) is 2.25. The summed E-state index contributed by atoms with van der Waals surface area (Å²) in [4.78, 5) is 19.3. The van der Waals surface area contributed by atoms with Gasteiger partial charge < -0.3 is 4.90 Å². The summed E-state index contributed by atoms with van der Waals surface area (Å²) in [5.41, 5.74) is 4.59. The average Bonchev–Trinajstić information content (AvgIpc) is 3.12. The molecule has 5 rings (SSSR count). The summed E-state index contributed by atoms with van der Waals surface area (Å²) in [6.07, 6.45) is 4.47. The zero-order valence-corrected chi connectivity index (χ0v) is 12.2. The predicted molar refractivity (Wildman–Crippen MR) is 86.9 cm³/mol. The van der Waals surface area contributed by atoms with Crippen molar-refractivity contribution in [2.45, 2.75) is 30.7 Å². The fourth-order valence-electron chi connectivity index (χ4n) is 4.41. The normalized spacial score (nSPS) is 27.9. The van der Waals surface area contributed by atoms with Crippen molar-refractivity contribution in [2.24, 2.45) is 4.99 Å². The molecule has 1 spiro atoms. The summed E-state index contributed by atoms with van der Waals surface area (Å²) in [6.45, 7) is 0. The first kappa shape index (κ1) is 12.2. The molecule has 2 aromatic carbocycles. The van der Waals surface area contributed by atoms with Crippen LogP contribution in [0.1, 0.15) is 24.0 Å². The van der Waals surface area contributed by atoms with Crippen molar-refractivity contribution in [2.75, 3.05) is 4.90 Å². The third-order valence-corrected chi connectivity index (χ3v) is 5.43. The zero-order valence-electron chi connectivity index (χ0n) is 12.2. The number of aliphatic imine (C=N–C) groups is 1. The Morgan fingerprint density at radius 3 is 2.86 bits per heavy atom. The molecule has 0 aliphatic carbocycles. The summed E-state index contributed by atoms with van der Waals surface area (Å²) in [5.74, 6) is 0.248. The molecule has 1 amide bonds. The number of fused-ring (bicyclic) bond motifs is 6. The summed E-state index contributed by atoms with van der Waals surface area (Å²) < 4.78 is 0. The number of nitrogens with zero attached hydrogens (tertiary/aromatic N) is 2. The van der Waals surface area contributed by atoms with E-state index in [1.807, 2.05) is 17.0 Å². The molecule has 0 saturated carbocycles. The van der Waals surface area contributed by atoms with Crippen molar-refractivity contribution >= 4 is 23.5 Å². The Bertz CT molecular complexity index is 826.